The highest BCUT2D eigenvalue weighted by Gasteiger charge is 2.06. The van der Waals surface area contributed by atoms with Crippen molar-refractivity contribution in [2.24, 2.45) is 0 Å². The van der Waals surface area contributed by atoms with Crippen molar-refractivity contribution in [1.82, 2.24) is 9.97 Å². The monoisotopic (exact) mass is 199 g/mol. The van der Waals surface area contributed by atoms with Gasteiger partial charge in [0.15, 0.2) is 0 Å². The van der Waals surface area contributed by atoms with Gasteiger partial charge >= 0.3 is 0 Å². The predicted octanol–water partition coefficient (Wildman–Crippen LogP) is 0.706. The Bertz CT molecular complexity index is 280. The van der Waals surface area contributed by atoms with E-state index < -0.39 is 0 Å². The number of nitrogens with two attached hydrogens (primary N) is 1. The number of anilines is 1. The van der Waals surface area contributed by atoms with Crippen molar-refractivity contribution in [3.8, 4) is 0 Å². The van der Waals surface area contributed by atoms with Gasteiger partial charge in [-0.25, -0.2) is 9.97 Å². The standard InChI is InChI=1S/C8H13N3OS/c1-2-6-7(9)10-5-11-8(6)13-4-3-12/h5,12H,2-4H2,1H3,(H2,9,10,11). The molecule has 0 amide bonds. The summed E-state index contributed by atoms with van der Waals surface area (Å²) in [4.78, 5) is 8.02. The van der Waals surface area contributed by atoms with Crippen LogP contribution in [0.1, 0.15) is 12.5 Å². The molecule has 13 heavy (non-hydrogen) atoms. The Labute approximate surface area is 81.6 Å². The summed E-state index contributed by atoms with van der Waals surface area (Å²) < 4.78 is 0. The number of hydrogen-bond donors (Lipinski definition) is 2. The van der Waals surface area contributed by atoms with Crippen LogP contribution in [-0.2, 0) is 6.42 Å². The fourth-order valence-electron chi connectivity index (χ4n) is 1.01. The molecule has 0 unspecified atom stereocenters. The highest BCUT2D eigenvalue weighted by molar-refractivity contribution is 7.99. The fraction of sp³-hybridized carbons (Fsp3) is 0.500. The van der Waals surface area contributed by atoms with Crippen LogP contribution in [-0.4, -0.2) is 27.4 Å². The second kappa shape index (κ2) is 5.04. The van der Waals surface area contributed by atoms with Crippen LogP contribution < -0.4 is 5.73 Å². The first-order chi connectivity index (χ1) is 6.29. The molecule has 3 N–H and O–H groups in total. The van der Waals surface area contributed by atoms with Gasteiger partial charge in [-0.05, 0) is 6.42 Å². The predicted molar refractivity (Wildman–Crippen MR) is 53.6 cm³/mol. The van der Waals surface area contributed by atoms with E-state index in [0.29, 0.717) is 11.6 Å². The topological polar surface area (TPSA) is 72.0 Å². The first kappa shape index (κ1) is 10.3. The summed E-state index contributed by atoms with van der Waals surface area (Å²) in [6.45, 7) is 2.16. The van der Waals surface area contributed by atoms with E-state index in [0.717, 1.165) is 17.0 Å². The minimum absolute atomic E-state index is 0.151. The third-order valence-corrected chi connectivity index (χ3v) is 2.63. The molecule has 0 radical (unpaired) electrons. The van der Waals surface area contributed by atoms with Gasteiger partial charge in [0.1, 0.15) is 17.2 Å². The number of aromatic nitrogens is 2. The summed E-state index contributed by atoms with van der Waals surface area (Å²) in [7, 11) is 0. The van der Waals surface area contributed by atoms with Crippen LogP contribution in [0.4, 0.5) is 5.82 Å². The van der Waals surface area contributed by atoms with E-state index in [-0.39, 0.29) is 6.61 Å². The van der Waals surface area contributed by atoms with Gasteiger partial charge in [0, 0.05) is 11.3 Å². The molecule has 0 aliphatic rings. The smallest absolute Gasteiger partial charge is 0.131 e. The average molecular weight is 199 g/mol. The zero-order valence-corrected chi connectivity index (χ0v) is 8.34. The van der Waals surface area contributed by atoms with Crippen LogP contribution in [0.15, 0.2) is 11.4 Å². The molecule has 72 valence electrons. The van der Waals surface area contributed by atoms with E-state index in [9.17, 15) is 0 Å². The number of aliphatic hydroxyl groups is 1. The Kier molecular flexibility index (Phi) is 3.98. The Morgan fingerprint density at radius 1 is 1.54 bits per heavy atom. The molecule has 0 saturated carbocycles. The second-order valence-corrected chi connectivity index (χ2v) is 3.55. The average Bonchev–Trinajstić information content (AvgIpc) is 2.15. The zero-order chi connectivity index (χ0) is 9.68. The Morgan fingerprint density at radius 3 is 2.92 bits per heavy atom. The van der Waals surface area contributed by atoms with E-state index in [4.69, 9.17) is 10.8 Å². The lowest BCUT2D eigenvalue weighted by atomic mass is 10.2. The quantitative estimate of drug-likeness (QED) is 0.552. The van der Waals surface area contributed by atoms with E-state index in [1.54, 1.807) is 0 Å². The molecule has 0 bridgehead atoms. The lowest BCUT2D eigenvalue weighted by Gasteiger charge is -2.06. The summed E-state index contributed by atoms with van der Waals surface area (Å²) in [5.74, 6) is 1.18. The number of nitrogen functional groups attached to an aromatic ring is 1. The molecule has 0 atom stereocenters. The minimum atomic E-state index is 0.151. The molecule has 4 nitrogen and oxygen atoms in total. The van der Waals surface area contributed by atoms with Crippen molar-refractivity contribution >= 4 is 17.6 Å². The molecule has 1 heterocycles. The molecular weight excluding hydrogens is 186 g/mol. The fourth-order valence-corrected chi connectivity index (χ4v) is 1.84. The van der Waals surface area contributed by atoms with Crippen LogP contribution in [0.3, 0.4) is 0 Å². The maximum absolute atomic E-state index is 8.66. The molecule has 1 rings (SSSR count). The molecule has 1 aromatic heterocycles. The van der Waals surface area contributed by atoms with Gasteiger partial charge in [0.05, 0.1) is 6.61 Å². The molecule has 0 fully saturated rings. The summed E-state index contributed by atoms with van der Waals surface area (Å²) in [5.41, 5.74) is 6.65. The van der Waals surface area contributed by atoms with E-state index >= 15 is 0 Å². The van der Waals surface area contributed by atoms with Crippen molar-refractivity contribution in [2.45, 2.75) is 18.4 Å². The van der Waals surface area contributed by atoms with Crippen molar-refractivity contribution in [1.29, 1.82) is 0 Å². The molecule has 0 aliphatic carbocycles. The third kappa shape index (κ3) is 2.57. The lowest BCUT2D eigenvalue weighted by molar-refractivity contribution is 0.322. The minimum Gasteiger partial charge on any atom is -0.396 e. The van der Waals surface area contributed by atoms with Gasteiger partial charge in [-0.2, -0.15) is 0 Å². The zero-order valence-electron chi connectivity index (χ0n) is 7.53. The van der Waals surface area contributed by atoms with Gasteiger partial charge < -0.3 is 10.8 Å². The molecule has 5 heteroatoms. The molecule has 0 spiro atoms. The molecule has 1 aromatic rings. The van der Waals surface area contributed by atoms with Crippen LogP contribution in [0.2, 0.25) is 0 Å². The number of aliphatic hydroxyl groups excluding tert-OH is 1. The maximum atomic E-state index is 8.66. The summed E-state index contributed by atoms with van der Waals surface area (Å²) in [6, 6.07) is 0. The van der Waals surface area contributed by atoms with Crippen LogP contribution in [0.5, 0.6) is 0 Å². The summed E-state index contributed by atoms with van der Waals surface area (Å²) in [6.07, 6.45) is 2.27. The Morgan fingerprint density at radius 2 is 2.31 bits per heavy atom. The first-order valence-electron chi connectivity index (χ1n) is 4.12. The lowest BCUT2D eigenvalue weighted by Crippen LogP contribution is -2.01. The number of thioether (sulfide) groups is 1. The second-order valence-electron chi connectivity index (χ2n) is 2.47. The SMILES string of the molecule is CCc1c(N)ncnc1SCCO. The van der Waals surface area contributed by atoms with Gasteiger partial charge in [-0.15, -0.1) is 11.8 Å². The number of nitrogens with zero attached hydrogens (tertiary/aromatic N) is 2. The molecular formula is C8H13N3OS. The van der Waals surface area contributed by atoms with E-state index in [1.807, 2.05) is 6.92 Å². The van der Waals surface area contributed by atoms with Crippen molar-refractivity contribution in [3.63, 3.8) is 0 Å². The maximum Gasteiger partial charge on any atom is 0.131 e. The van der Waals surface area contributed by atoms with E-state index in [2.05, 4.69) is 9.97 Å². The van der Waals surface area contributed by atoms with E-state index in [1.165, 1.54) is 18.1 Å². The number of rotatable bonds is 4. The highest BCUT2D eigenvalue weighted by Crippen LogP contribution is 2.22. The molecule has 0 saturated heterocycles. The van der Waals surface area contributed by atoms with Crippen LogP contribution in [0.25, 0.3) is 0 Å². The molecule has 0 aliphatic heterocycles. The highest BCUT2D eigenvalue weighted by atomic mass is 32.2. The first-order valence-corrected chi connectivity index (χ1v) is 5.11. The van der Waals surface area contributed by atoms with Crippen molar-refractivity contribution in [2.75, 3.05) is 18.1 Å². The van der Waals surface area contributed by atoms with Crippen LogP contribution in [0, 0.1) is 0 Å². The van der Waals surface area contributed by atoms with Crippen molar-refractivity contribution < 1.29 is 5.11 Å². The normalized spacial score (nSPS) is 10.3. The summed E-state index contributed by atoms with van der Waals surface area (Å²) in [5, 5.41) is 9.54. The Balaban J connectivity index is 2.85. The summed E-state index contributed by atoms with van der Waals surface area (Å²) >= 11 is 1.50. The third-order valence-electron chi connectivity index (χ3n) is 1.62. The van der Waals surface area contributed by atoms with Crippen LogP contribution >= 0.6 is 11.8 Å². The largest absolute Gasteiger partial charge is 0.396 e. The van der Waals surface area contributed by atoms with Crippen molar-refractivity contribution in [3.05, 3.63) is 11.9 Å². The van der Waals surface area contributed by atoms with Gasteiger partial charge in [0.2, 0.25) is 0 Å². The van der Waals surface area contributed by atoms with Gasteiger partial charge in [0.25, 0.3) is 0 Å². The van der Waals surface area contributed by atoms with Gasteiger partial charge in [-0.1, -0.05) is 6.92 Å². The molecule has 0 aromatic carbocycles. The van der Waals surface area contributed by atoms with Gasteiger partial charge in [-0.3, -0.25) is 0 Å². The Hall–Kier alpha value is -0.810. The number of hydrogen-bond acceptors (Lipinski definition) is 5.